The monoisotopic (exact) mass is 508 g/mol. The zero-order chi connectivity index (χ0) is 26.1. The van der Waals surface area contributed by atoms with Crippen molar-refractivity contribution in [3.63, 3.8) is 0 Å². The van der Waals surface area contributed by atoms with Crippen LogP contribution in [-0.4, -0.2) is 30.6 Å². The van der Waals surface area contributed by atoms with Gasteiger partial charge in [0.1, 0.15) is 5.82 Å². The van der Waals surface area contributed by atoms with E-state index in [1.54, 1.807) is 0 Å². The average Bonchev–Trinajstić information content (AvgIpc) is 2.86. The van der Waals surface area contributed by atoms with Crippen LogP contribution in [0, 0.1) is 17.7 Å². The maximum absolute atomic E-state index is 14.1. The summed E-state index contributed by atoms with van der Waals surface area (Å²) in [6.07, 6.45) is 2.11. The number of hydrogen-bond acceptors (Lipinski definition) is 3. The summed E-state index contributed by atoms with van der Waals surface area (Å²) in [5.41, 5.74) is 1.27. The van der Waals surface area contributed by atoms with Crippen LogP contribution in [0.15, 0.2) is 42.5 Å². The highest BCUT2D eigenvalue weighted by atomic mass is 19.4. The van der Waals surface area contributed by atoms with Crippen molar-refractivity contribution in [2.24, 2.45) is 11.8 Å². The molecule has 2 unspecified atom stereocenters. The largest absolute Gasteiger partial charge is 0.483 e. The lowest BCUT2D eigenvalue weighted by atomic mass is 9.77. The fourth-order valence-electron chi connectivity index (χ4n) is 5.10. The van der Waals surface area contributed by atoms with Crippen molar-refractivity contribution in [3.8, 4) is 0 Å². The van der Waals surface area contributed by atoms with Crippen LogP contribution in [0.3, 0.4) is 0 Å². The van der Waals surface area contributed by atoms with Gasteiger partial charge in [-0.3, -0.25) is 9.59 Å². The number of carboxylic acid groups (broad SMARTS) is 1. The molecule has 3 N–H and O–H groups in total. The Kier molecular flexibility index (Phi) is 9.87. The first-order chi connectivity index (χ1) is 17.2. The second kappa shape index (κ2) is 12.9. The van der Waals surface area contributed by atoms with Crippen LogP contribution in [0.4, 0.5) is 23.2 Å². The molecule has 0 spiro atoms. The van der Waals surface area contributed by atoms with Gasteiger partial charge in [0.2, 0.25) is 5.91 Å². The Morgan fingerprint density at radius 1 is 1.06 bits per heavy atom. The molecule has 1 aliphatic heterocycles. The Morgan fingerprint density at radius 2 is 1.72 bits per heavy atom. The quantitative estimate of drug-likeness (QED) is 0.342. The van der Waals surface area contributed by atoms with E-state index in [-0.39, 0.29) is 29.9 Å². The summed E-state index contributed by atoms with van der Waals surface area (Å²) in [6.45, 7) is 1.93. The fourth-order valence-corrected chi connectivity index (χ4v) is 5.10. The minimum atomic E-state index is -4.62. The summed E-state index contributed by atoms with van der Waals surface area (Å²) in [5, 5.41) is 12.8. The highest BCUT2D eigenvalue weighted by Gasteiger charge is 2.32. The second-order valence-corrected chi connectivity index (χ2v) is 9.49. The molecule has 2 aromatic rings. The molecule has 0 radical (unpaired) electrons. The topological polar surface area (TPSA) is 78.4 Å². The van der Waals surface area contributed by atoms with E-state index in [0.717, 1.165) is 50.4 Å². The fraction of sp³-hybridized carbons (Fsp3) is 0.481. The molecular weight excluding hydrogens is 476 g/mol. The lowest BCUT2D eigenvalue weighted by molar-refractivity contribution is -0.137. The number of carbonyl (C=O) groups is 2. The van der Waals surface area contributed by atoms with Gasteiger partial charge in [0.15, 0.2) is 0 Å². The van der Waals surface area contributed by atoms with Crippen LogP contribution in [0.2, 0.25) is 0 Å². The van der Waals surface area contributed by atoms with E-state index in [1.807, 2.05) is 0 Å². The molecule has 2 fully saturated rings. The van der Waals surface area contributed by atoms with Crippen molar-refractivity contribution in [1.82, 2.24) is 5.32 Å². The van der Waals surface area contributed by atoms with Gasteiger partial charge in [-0.1, -0.05) is 30.7 Å². The molecule has 5 nitrogen and oxygen atoms in total. The van der Waals surface area contributed by atoms with Gasteiger partial charge in [-0.15, -0.1) is 0 Å². The Morgan fingerprint density at radius 3 is 2.33 bits per heavy atom. The summed E-state index contributed by atoms with van der Waals surface area (Å²) >= 11 is 0. The molecule has 2 aliphatic rings. The Hall–Kier alpha value is -2.94. The van der Waals surface area contributed by atoms with Crippen molar-refractivity contribution in [2.75, 3.05) is 18.4 Å². The highest BCUT2D eigenvalue weighted by molar-refractivity contribution is 5.92. The molecular formula is C27H32F4N2O3. The van der Waals surface area contributed by atoms with Crippen LogP contribution in [-0.2, 0) is 22.2 Å². The third kappa shape index (κ3) is 7.78. The number of carbonyl (C=O) groups excluding carboxylic acids is 1. The number of hydrogen-bond donors (Lipinski definition) is 3. The minimum Gasteiger partial charge on any atom is -0.483 e. The molecule has 0 aromatic heterocycles. The van der Waals surface area contributed by atoms with Gasteiger partial charge in [0.05, 0.1) is 11.3 Å². The van der Waals surface area contributed by atoms with Gasteiger partial charge in [-0.25, -0.2) is 4.39 Å². The van der Waals surface area contributed by atoms with Crippen LogP contribution >= 0.6 is 0 Å². The zero-order valence-electron chi connectivity index (χ0n) is 20.0. The zero-order valence-corrected chi connectivity index (χ0v) is 20.0. The van der Waals surface area contributed by atoms with Crippen LogP contribution in [0.25, 0.3) is 0 Å². The lowest BCUT2D eigenvalue weighted by Crippen LogP contribution is -2.28. The SMILES string of the molecule is O=C(Nc1ccc(C(F)(F)F)cc1F)C1CCCC(c2ccc(CC3CCNCC3)cc2)C1.O=CO. The van der Waals surface area contributed by atoms with E-state index in [2.05, 4.69) is 34.9 Å². The molecule has 1 saturated heterocycles. The first-order valence-electron chi connectivity index (χ1n) is 12.3. The number of alkyl halides is 3. The van der Waals surface area contributed by atoms with Crippen molar-refractivity contribution in [2.45, 2.75) is 57.0 Å². The molecule has 1 heterocycles. The predicted molar refractivity (Wildman–Crippen MR) is 129 cm³/mol. The average molecular weight is 509 g/mol. The maximum atomic E-state index is 14.1. The van der Waals surface area contributed by atoms with Gasteiger partial charge in [0.25, 0.3) is 6.47 Å². The van der Waals surface area contributed by atoms with E-state index >= 15 is 0 Å². The van der Waals surface area contributed by atoms with Crippen LogP contribution in [0.1, 0.15) is 61.1 Å². The standard InChI is InChI=1S/C26H30F4N2O.CH2O2/c27-23-16-22(26(28,29)30)8-9-24(23)32-25(33)21-3-1-2-20(15-21)19-6-4-17(5-7-19)14-18-10-12-31-13-11-18;2-1-3/h4-9,16,18,20-21,31H,1-3,10-15H2,(H,32,33);1H,(H,2,3). The molecule has 4 rings (SSSR count). The van der Waals surface area contributed by atoms with Gasteiger partial charge < -0.3 is 15.7 Å². The van der Waals surface area contributed by atoms with Crippen molar-refractivity contribution in [1.29, 1.82) is 0 Å². The summed E-state index contributed by atoms with van der Waals surface area (Å²) in [7, 11) is 0. The molecule has 1 aliphatic carbocycles. The maximum Gasteiger partial charge on any atom is 0.416 e. The lowest BCUT2D eigenvalue weighted by Gasteiger charge is -2.29. The number of benzene rings is 2. The molecule has 0 bridgehead atoms. The van der Waals surface area contributed by atoms with Crippen LogP contribution in [0.5, 0.6) is 0 Å². The van der Waals surface area contributed by atoms with Crippen molar-refractivity contribution < 1.29 is 32.3 Å². The van der Waals surface area contributed by atoms with E-state index in [4.69, 9.17) is 9.90 Å². The molecule has 196 valence electrons. The summed E-state index contributed by atoms with van der Waals surface area (Å²) < 4.78 is 52.4. The number of halogens is 4. The van der Waals surface area contributed by atoms with E-state index < -0.39 is 17.6 Å². The van der Waals surface area contributed by atoms with E-state index in [9.17, 15) is 22.4 Å². The number of anilines is 1. The molecule has 36 heavy (non-hydrogen) atoms. The predicted octanol–water partition coefficient (Wildman–Crippen LogP) is 6.00. The first-order valence-corrected chi connectivity index (χ1v) is 12.3. The summed E-state index contributed by atoms with van der Waals surface area (Å²) in [6, 6.07) is 10.9. The highest BCUT2D eigenvalue weighted by Crippen LogP contribution is 2.37. The number of piperidine rings is 1. The Labute approximate surface area is 208 Å². The first kappa shape index (κ1) is 27.6. The van der Waals surface area contributed by atoms with Gasteiger partial charge in [0, 0.05) is 5.92 Å². The smallest absolute Gasteiger partial charge is 0.416 e. The van der Waals surface area contributed by atoms with Crippen LogP contribution < -0.4 is 10.6 Å². The summed E-state index contributed by atoms with van der Waals surface area (Å²) in [5.74, 6) is -0.721. The van der Waals surface area contributed by atoms with Crippen molar-refractivity contribution >= 4 is 18.1 Å². The molecule has 1 saturated carbocycles. The van der Waals surface area contributed by atoms with Crippen molar-refractivity contribution in [3.05, 3.63) is 65.0 Å². The third-order valence-electron chi connectivity index (χ3n) is 7.03. The normalized spacial score (nSPS) is 20.7. The number of rotatable bonds is 5. The molecule has 9 heteroatoms. The van der Waals surface area contributed by atoms with Gasteiger partial charge >= 0.3 is 6.18 Å². The Bertz CT molecular complexity index is 1010. The molecule has 1 amide bonds. The molecule has 2 atom stereocenters. The Balaban J connectivity index is 0.00000115. The van der Waals surface area contributed by atoms with E-state index in [1.165, 1.54) is 24.0 Å². The van der Waals surface area contributed by atoms with Gasteiger partial charge in [-0.2, -0.15) is 13.2 Å². The molecule has 2 aromatic carbocycles. The van der Waals surface area contributed by atoms with E-state index in [0.29, 0.717) is 18.9 Å². The number of nitrogens with one attached hydrogen (secondary N) is 2. The van der Waals surface area contributed by atoms with Gasteiger partial charge in [-0.05, 0) is 92.8 Å². The second-order valence-electron chi connectivity index (χ2n) is 9.49. The summed E-state index contributed by atoms with van der Waals surface area (Å²) in [4.78, 5) is 21.1. The minimum absolute atomic E-state index is 0.211. The number of amides is 1. The third-order valence-corrected chi connectivity index (χ3v) is 7.03.